The molecule has 4 nitrogen and oxygen atoms in total. The number of methoxy groups -OCH3 is 1. The van der Waals surface area contributed by atoms with E-state index in [-0.39, 0.29) is 5.97 Å². The van der Waals surface area contributed by atoms with Gasteiger partial charge in [0.15, 0.2) is 0 Å². The molecule has 0 spiro atoms. The van der Waals surface area contributed by atoms with Gasteiger partial charge >= 0.3 is 5.97 Å². The molecule has 4 heteroatoms. The van der Waals surface area contributed by atoms with Gasteiger partial charge in [-0.2, -0.15) is 0 Å². The van der Waals surface area contributed by atoms with Crippen molar-refractivity contribution in [2.24, 2.45) is 0 Å². The molecule has 1 amide bonds. The molecule has 0 rings (SSSR count). The standard InChI is InChI=1S/C24H45NO3/c1-5-19-23(26)25(22(2)3)21-18-16-14-12-10-8-6-7-9-11-13-15-17-20-24(27)28-4/h17,20,22H,5-16,18-19,21H2,1-4H3. The molecule has 0 aromatic heterocycles. The number of ether oxygens (including phenoxy) is 1. The normalized spacial score (nSPS) is 11.3. The van der Waals surface area contributed by atoms with Crippen molar-refractivity contribution in [3.63, 3.8) is 0 Å². The number of carbonyl (C=O) groups is 2. The molecule has 0 aromatic carbocycles. The fourth-order valence-electron chi connectivity index (χ4n) is 3.41. The lowest BCUT2D eigenvalue weighted by atomic mass is 10.0. The summed E-state index contributed by atoms with van der Waals surface area (Å²) in [5, 5.41) is 0. The Hall–Kier alpha value is -1.32. The maximum absolute atomic E-state index is 12.1. The monoisotopic (exact) mass is 395 g/mol. The molecule has 164 valence electrons. The molecule has 28 heavy (non-hydrogen) atoms. The lowest BCUT2D eigenvalue weighted by Crippen LogP contribution is -2.37. The Morgan fingerprint density at radius 1 is 0.857 bits per heavy atom. The highest BCUT2D eigenvalue weighted by Crippen LogP contribution is 2.13. The van der Waals surface area contributed by atoms with Gasteiger partial charge in [-0.05, 0) is 39.5 Å². The van der Waals surface area contributed by atoms with Gasteiger partial charge in [-0.1, -0.05) is 70.8 Å². The van der Waals surface area contributed by atoms with E-state index in [1.165, 1.54) is 71.0 Å². The van der Waals surface area contributed by atoms with Crippen molar-refractivity contribution in [1.29, 1.82) is 0 Å². The first-order valence-electron chi connectivity index (χ1n) is 11.6. The van der Waals surface area contributed by atoms with Crippen molar-refractivity contribution in [1.82, 2.24) is 4.90 Å². The van der Waals surface area contributed by atoms with Crippen LogP contribution in [-0.4, -0.2) is 36.5 Å². The summed E-state index contributed by atoms with van der Waals surface area (Å²) < 4.78 is 4.56. The van der Waals surface area contributed by atoms with E-state index in [1.54, 1.807) is 0 Å². The molecular weight excluding hydrogens is 350 g/mol. The Balaban J connectivity index is 3.42. The van der Waals surface area contributed by atoms with Gasteiger partial charge < -0.3 is 9.64 Å². The minimum atomic E-state index is -0.262. The molecule has 0 aliphatic carbocycles. The number of unbranched alkanes of at least 4 members (excludes halogenated alkanes) is 11. The van der Waals surface area contributed by atoms with Crippen LogP contribution in [0.3, 0.4) is 0 Å². The number of amides is 1. The minimum Gasteiger partial charge on any atom is -0.466 e. The van der Waals surface area contributed by atoms with Gasteiger partial charge in [0.2, 0.25) is 5.91 Å². The average molecular weight is 396 g/mol. The lowest BCUT2D eigenvalue weighted by Gasteiger charge is -2.26. The van der Waals surface area contributed by atoms with Gasteiger partial charge in [0.25, 0.3) is 0 Å². The second kappa shape index (κ2) is 19.0. The third-order valence-corrected chi connectivity index (χ3v) is 5.13. The molecular formula is C24H45NO3. The number of allylic oxidation sites excluding steroid dienone is 1. The van der Waals surface area contributed by atoms with Crippen LogP contribution in [0.25, 0.3) is 0 Å². The maximum atomic E-state index is 12.1. The first-order valence-corrected chi connectivity index (χ1v) is 11.6. The second-order valence-corrected chi connectivity index (χ2v) is 8.03. The Kier molecular flexibility index (Phi) is 18.1. The van der Waals surface area contributed by atoms with Crippen LogP contribution in [0.4, 0.5) is 0 Å². The fourth-order valence-corrected chi connectivity index (χ4v) is 3.41. The zero-order valence-corrected chi connectivity index (χ0v) is 19.0. The maximum Gasteiger partial charge on any atom is 0.330 e. The molecule has 0 unspecified atom stereocenters. The van der Waals surface area contributed by atoms with Gasteiger partial charge in [0.05, 0.1) is 7.11 Å². The number of rotatable bonds is 18. The van der Waals surface area contributed by atoms with Crippen LogP contribution in [0.2, 0.25) is 0 Å². The van der Waals surface area contributed by atoms with E-state index < -0.39 is 0 Å². The Morgan fingerprint density at radius 2 is 1.36 bits per heavy atom. The van der Waals surface area contributed by atoms with Crippen molar-refractivity contribution in [3.05, 3.63) is 12.2 Å². The molecule has 0 bridgehead atoms. The van der Waals surface area contributed by atoms with Gasteiger partial charge in [0.1, 0.15) is 0 Å². The highest BCUT2D eigenvalue weighted by atomic mass is 16.5. The van der Waals surface area contributed by atoms with E-state index in [4.69, 9.17) is 0 Å². The zero-order valence-electron chi connectivity index (χ0n) is 19.0. The fraction of sp³-hybridized carbons (Fsp3) is 0.833. The summed E-state index contributed by atoms with van der Waals surface area (Å²) in [5.74, 6) is 0.0548. The molecule has 0 radical (unpaired) electrons. The van der Waals surface area contributed by atoms with Crippen molar-refractivity contribution in [2.45, 2.75) is 117 Å². The number of esters is 1. The SMILES string of the molecule is CCCC(=O)N(CCCCCCCCCCCCCC=CC(=O)OC)C(C)C. The van der Waals surface area contributed by atoms with Crippen molar-refractivity contribution in [3.8, 4) is 0 Å². The van der Waals surface area contributed by atoms with Gasteiger partial charge in [0, 0.05) is 25.1 Å². The van der Waals surface area contributed by atoms with Crippen LogP contribution >= 0.6 is 0 Å². The topological polar surface area (TPSA) is 46.6 Å². The van der Waals surface area contributed by atoms with Gasteiger partial charge in [-0.15, -0.1) is 0 Å². The molecule has 0 fully saturated rings. The zero-order chi connectivity index (χ0) is 21.0. The summed E-state index contributed by atoms with van der Waals surface area (Å²) in [5.41, 5.74) is 0. The van der Waals surface area contributed by atoms with E-state index in [0.717, 1.165) is 32.2 Å². The van der Waals surface area contributed by atoms with Crippen LogP contribution in [0, 0.1) is 0 Å². The van der Waals surface area contributed by atoms with Crippen LogP contribution in [0.15, 0.2) is 12.2 Å². The molecule has 0 atom stereocenters. The number of nitrogens with zero attached hydrogens (tertiary/aromatic N) is 1. The predicted octanol–water partition coefficient (Wildman–Crippen LogP) is 6.43. The smallest absolute Gasteiger partial charge is 0.330 e. The average Bonchev–Trinajstić information content (AvgIpc) is 2.67. The van der Waals surface area contributed by atoms with Crippen LogP contribution in [0.1, 0.15) is 111 Å². The minimum absolute atomic E-state index is 0.262. The molecule has 0 heterocycles. The lowest BCUT2D eigenvalue weighted by molar-refractivity contribution is -0.135. The van der Waals surface area contributed by atoms with Crippen LogP contribution in [0.5, 0.6) is 0 Å². The summed E-state index contributed by atoms with van der Waals surface area (Å²) >= 11 is 0. The van der Waals surface area contributed by atoms with Crippen LogP contribution in [-0.2, 0) is 14.3 Å². The highest BCUT2D eigenvalue weighted by molar-refractivity contribution is 5.81. The quantitative estimate of drug-likeness (QED) is 0.152. The largest absolute Gasteiger partial charge is 0.466 e. The van der Waals surface area contributed by atoms with E-state index in [2.05, 4.69) is 30.4 Å². The third-order valence-electron chi connectivity index (χ3n) is 5.13. The van der Waals surface area contributed by atoms with E-state index in [9.17, 15) is 9.59 Å². The third kappa shape index (κ3) is 15.7. The second-order valence-electron chi connectivity index (χ2n) is 8.03. The van der Waals surface area contributed by atoms with Gasteiger partial charge in [-0.3, -0.25) is 4.79 Å². The number of hydrogen-bond donors (Lipinski definition) is 0. The van der Waals surface area contributed by atoms with E-state index in [1.807, 2.05) is 6.08 Å². The van der Waals surface area contributed by atoms with Crippen molar-refractivity contribution < 1.29 is 14.3 Å². The summed E-state index contributed by atoms with van der Waals surface area (Å²) in [7, 11) is 1.41. The van der Waals surface area contributed by atoms with Crippen molar-refractivity contribution >= 4 is 11.9 Å². The summed E-state index contributed by atoms with van der Waals surface area (Å²) in [6, 6.07) is 0.322. The van der Waals surface area contributed by atoms with E-state index >= 15 is 0 Å². The highest BCUT2D eigenvalue weighted by Gasteiger charge is 2.14. The molecule has 0 saturated carbocycles. The number of carbonyl (C=O) groups excluding carboxylic acids is 2. The molecule has 0 saturated heterocycles. The Bertz CT molecular complexity index is 418. The Morgan fingerprint density at radius 3 is 1.82 bits per heavy atom. The first kappa shape index (κ1) is 26.7. The molecule has 0 N–H and O–H groups in total. The van der Waals surface area contributed by atoms with Crippen molar-refractivity contribution in [2.75, 3.05) is 13.7 Å². The summed E-state index contributed by atoms with van der Waals surface area (Å²) in [6.07, 6.45) is 20.0. The predicted molar refractivity (Wildman–Crippen MR) is 118 cm³/mol. The Labute approximate surface area is 174 Å². The number of hydrogen-bond acceptors (Lipinski definition) is 3. The van der Waals surface area contributed by atoms with Crippen LogP contribution < -0.4 is 0 Å². The summed E-state index contributed by atoms with van der Waals surface area (Å²) in [6.45, 7) is 7.23. The summed E-state index contributed by atoms with van der Waals surface area (Å²) in [4.78, 5) is 25.1. The molecule has 0 aromatic rings. The van der Waals surface area contributed by atoms with Gasteiger partial charge in [-0.25, -0.2) is 4.79 Å². The van der Waals surface area contributed by atoms with E-state index in [0.29, 0.717) is 18.4 Å². The first-order chi connectivity index (χ1) is 13.5. The molecule has 0 aliphatic heterocycles. The molecule has 0 aliphatic rings.